The Hall–Kier alpha value is 0.120. The monoisotopic (exact) mass is 568 g/mol. The van der Waals surface area contributed by atoms with Crippen molar-refractivity contribution in [2.75, 3.05) is 6.61 Å². The van der Waals surface area contributed by atoms with Gasteiger partial charge >= 0.3 is 5.97 Å². The SMILES string of the molecule is CCCCCCCCCCCCOC(=O)c1cc(Br)sc1-c1cc(Cl)c(Br)s1. The molecule has 2 rings (SSSR count). The molecule has 0 aliphatic rings. The molecule has 0 saturated heterocycles. The first kappa shape index (κ1) is 24.4. The predicted octanol–water partition coefficient (Wildman–Crippen LogP) is 9.73. The fourth-order valence-corrected chi connectivity index (χ4v) is 6.39. The van der Waals surface area contributed by atoms with Crippen LogP contribution in [0.25, 0.3) is 9.75 Å². The van der Waals surface area contributed by atoms with E-state index in [1.807, 2.05) is 12.1 Å². The number of carbonyl (C=O) groups is 1. The molecule has 0 atom stereocenters. The Labute approximate surface area is 198 Å². The second-order valence-corrected chi connectivity index (χ2v) is 12.1. The van der Waals surface area contributed by atoms with E-state index >= 15 is 0 Å². The molecular weight excluding hydrogens is 544 g/mol. The molecule has 0 amide bonds. The van der Waals surface area contributed by atoms with Crippen LogP contribution in [0.3, 0.4) is 0 Å². The Kier molecular flexibility index (Phi) is 11.7. The zero-order valence-corrected chi connectivity index (χ0v) is 21.8. The molecular formula is C21H27Br2ClO2S2. The molecule has 2 aromatic rings. The summed E-state index contributed by atoms with van der Waals surface area (Å²) in [4.78, 5) is 14.4. The van der Waals surface area contributed by atoms with Crippen LogP contribution in [0.5, 0.6) is 0 Å². The molecule has 0 fully saturated rings. The first-order valence-electron chi connectivity index (χ1n) is 9.94. The molecule has 0 radical (unpaired) electrons. The minimum absolute atomic E-state index is 0.256. The van der Waals surface area contributed by atoms with Gasteiger partial charge in [0.15, 0.2) is 0 Å². The van der Waals surface area contributed by atoms with Crippen LogP contribution < -0.4 is 0 Å². The Balaban J connectivity index is 1.69. The molecule has 0 aromatic carbocycles. The second-order valence-electron chi connectivity index (χ2n) is 6.84. The van der Waals surface area contributed by atoms with E-state index in [2.05, 4.69) is 38.8 Å². The number of hydrogen-bond acceptors (Lipinski definition) is 4. The molecule has 0 bridgehead atoms. The van der Waals surface area contributed by atoms with Crippen molar-refractivity contribution in [3.05, 3.63) is 30.3 Å². The highest BCUT2D eigenvalue weighted by Crippen LogP contribution is 2.43. The van der Waals surface area contributed by atoms with Crippen LogP contribution in [0.15, 0.2) is 19.7 Å². The van der Waals surface area contributed by atoms with Gasteiger partial charge < -0.3 is 4.74 Å². The van der Waals surface area contributed by atoms with E-state index in [-0.39, 0.29) is 5.97 Å². The van der Waals surface area contributed by atoms with Crippen LogP contribution in [-0.2, 0) is 4.74 Å². The minimum atomic E-state index is -0.256. The lowest BCUT2D eigenvalue weighted by atomic mass is 10.1. The zero-order valence-electron chi connectivity index (χ0n) is 16.2. The molecule has 7 heteroatoms. The molecule has 0 aliphatic heterocycles. The topological polar surface area (TPSA) is 26.3 Å². The molecule has 0 N–H and O–H groups in total. The van der Waals surface area contributed by atoms with Crippen LogP contribution in [0.4, 0.5) is 0 Å². The third kappa shape index (κ3) is 8.10. The number of ether oxygens (including phenoxy) is 1. The van der Waals surface area contributed by atoms with Gasteiger partial charge in [-0.1, -0.05) is 76.3 Å². The van der Waals surface area contributed by atoms with Gasteiger partial charge in [-0.2, -0.15) is 0 Å². The number of carbonyl (C=O) groups excluding carboxylic acids is 1. The number of hydrogen-bond donors (Lipinski definition) is 0. The first-order valence-corrected chi connectivity index (χ1v) is 13.5. The summed E-state index contributed by atoms with van der Waals surface area (Å²) in [7, 11) is 0. The molecule has 2 aromatic heterocycles. The smallest absolute Gasteiger partial charge is 0.339 e. The van der Waals surface area contributed by atoms with Gasteiger partial charge in [-0.05, 0) is 50.4 Å². The molecule has 0 spiro atoms. The maximum absolute atomic E-state index is 12.5. The van der Waals surface area contributed by atoms with Crippen molar-refractivity contribution >= 4 is 72.1 Å². The van der Waals surface area contributed by atoms with Crippen molar-refractivity contribution in [1.82, 2.24) is 0 Å². The van der Waals surface area contributed by atoms with Crippen molar-refractivity contribution in [3.8, 4) is 9.75 Å². The highest BCUT2D eigenvalue weighted by atomic mass is 79.9. The number of unbranched alkanes of at least 4 members (excludes halogenated alkanes) is 9. The molecule has 0 unspecified atom stereocenters. The van der Waals surface area contributed by atoms with E-state index in [1.165, 1.54) is 74.0 Å². The summed E-state index contributed by atoms with van der Waals surface area (Å²) in [5.41, 5.74) is 0.606. The minimum Gasteiger partial charge on any atom is -0.462 e. The number of esters is 1. The summed E-state index contributed by atoms with van der Waals surface area (Å²) in [6.45, 7) is 2.73. The van der Waals surface area contributed by atoms with E-state index in [4.69, 9.17) is 16.3 Å². The van der Waals surface area contributed by atoms with Crippen LogP contribution in [-0.4, -0.2) is 12.6 Å². The summed E-state index contributed by atoms with van der Waals surface area (Å²) in [5.74, 6) is -0.256. The highest BCUT2D eigenvalue weighted by Gasteiger charge is 2.20. The van der Waals surface area contributed by atoms with Gasteiger partial charge in [-0.15, -0.1) is 22.7 Å². The lowest BCUT2D eigenvalue weighted by Gasteiger charge is -2.05. The van der Waals surface area contributed by atoms with Crippen LogP contribution >= 0.6 is 66.1 Å². The van der Waals surface area contributed by atoms with E-state index in [9.17, 15) is 4.79 Å². The van der Waals surface area contributed by atoms with Gasteiger partial charge in [-0.3, -0.25) is 0 Å². The molecule has 2 heterocycles. The summed E-state index contributed by atoms with van der Waals surface area (Å²) in [6, 6.07) is 3.72. The molecule has 28 heavy (non-hydrogen) atoms. The van der Waals surface area contributed by atoms with E-state index < -0.39 is 0 Å². The van der Waals surface area contributed by atoms with Gasteiger partial charge in [0.05, 0.1) is 29.6 Å². The first-order chi connectivity index (χ1) is 13.5. The third-order valence-corrected chi connectivity index (χ3v) is 8.81. The zero-order chi connectivity index (χ0) is 20.4. The fraction of sp³-hybridized carbons (Fsp3) is 0.571. The largest absolute Gasteiger partial charge is 0.462 e. The quantitative estimate of drug-likeness (QED) is 0.177. The van der Waals surface area contributed by atoms with Gasteiger partial charge in [0.2, 0.25) is 0 Å². The highest BCUT2D eigenvalue weighted by molar-refractivity contribution is 9.11. The normalized spacial score (nSPS) is 11.1. The summed E-state index contributed by atoms with van der Waals surface area (Å²) in [5, 5.41) is 0.661. The number of rotatable bonds is 13. The summed E-state index contributed by atoms with van der Waals surface area (Å²) >= 11 is 16.1. The van der Waals surface area contributed by atoms with Crippen molar-refractivity contribution in [1.29, 1.82) is 0 Å². The lowest BCUT2D eigenvalue weighted by Crippen LogP contribution is -2.06. The van der Waals surface area contributed by atoms with Crippen LogP contribution in [0.2, 0.25) is 5.02 Å². The van der Waals surface area contributed by atoms with Crippen molar-refractivity contribution in [2.45, 2.75) is 71.1 Å². The molecule has 156 valence electrons. The molecule has 0 aliphatic carbocycles. The molecule has 0 saturated carbocycles. The number of thiophene rings is 2. The maximum Gasteiger partial charge on any atom is 0.339 e. The summed E-state index contributed by atoms with van der Waals surface area (Å²) in [6.07, 6.45) is 12.7. The van der Waals surface area contributed by atoms with Crippen LogP contribution in [0, 0.1) is 0 Å². The Morgan fingerprint density at radius 1 is 0.964 bits per heavy atom. The van der Waals surface area contributed by atoms with E-state index in [1.54, 1.807) is 0 Å². The Bertz CT molecular complexity index is 723. The third-order valence-electron chi connectivity index (χ3n) is 4.52. The average Bonchev–Trinajstić information content (AvgIpc) is 3.22. The van der Waals surface area contributed by atoms with Gasteiger partial charge in [-0.25, -0.2) is 4.79 Å². The van der Waals surface area contributed by atoms with Crippen molar-refractivity contribution in [2.24, 2.45) is 0 Å². The van der Waals surface area contributed by atoms with Crippen molar-refractivity contribution in [3.63, 3.8) is 0 Å². The Morgan fingerprint density at radius 2 is 1.57 bits per heavy atom. The van der Waals surface area contributed by atoms with Crippen molar-refractivity contribution < 1.29 is 9.53 Å². The van der Waals surface area contributed by atoms with Gasteiger partial charge in [0.25, 0.3) is 0 Å². The standard InChI is InChI=1S/C21H27Br2ClO2S2/c1-2-3-4-5-6-7-8-9-10-11-12-26-21(25)15-13-18(22)28-19(15)17-14-16(24)20(23)27-17/h13-14H,2-12H2,1H3. The second kappa shape index (κ2) is 13.4. The maximum atomic E-state index is 12.5. The average molecular weight is 571 g/mol. The van der Waals surface area contributed by atoms with Crippen LogP contribution in [0.1, 0.15) is 81.5 Å². The predicted molar refractivity (Wildman–Crippen MR) is 130 cm³/mol. The Morgan fingerprint density at radius 3 is 2.14 bits per heavy atom. The fourth-order valence-electron chi connectivity index (χ4n) is 2.99. The van der Waals surface area contributed by atoms with E-state index in [0.29, 0.717) is 17.2 Å². The summed E-state index contributed by atoms with van der Waals surface area (Å²) < 4.78 is 7.30. The van der Waals surface area contributed by atoms with Gasteiger partial charge in [0, 0.05) is 4.88 Å². The van der Waals surface area contributed by atoms with Gasteiger partial charge in [0.1, 0.15) is 0 Å². The lowest BCUT2D eigenvalue weighted by molar-refractivity contribution is 0.0499. The molecule has 2 nitrogen and oxygen atoms in total. The van der Waals surface area contributed by atoms with E-state index in [0.717, 1.165) is 30.2 Å². The number of halogens is 3.